The van der Waals surface area contributed by atoms with Gasteiger partial charge in [-0.25, -0.2) is 4.98 Å². The third-order valence-corrected chi connectivity index (χ3v) is 5.16. The highest BCUT2D eigenvalue weighted by Crippen LogP contribution is 2.19. The van der Waals surface area contributed by atoms with Crippen molar-refractivity contribution in [1.29, 1.82) is 0 Å². The van der Waals surface area contributed by atoms with Gasteiger partial charge < -0.3 is 14.6 Å². The van der Waals surface area contributed by atoms with Crippen LogP contribution in [0, 0.1) is 0 Å². The van der Waals surface area contributed by atoms with E-state index in [0.29, 0.717) is 19.7 Å². The highest BCUT2D eigenvalue weighted by Gasteiger charge is 2.23. The molecule has 0 aliphatic carbocycles. The van der Waals surface area contributed by atoms with E-state index in [4.69, 9.17) is 9.72 Å². The maximum absolute atomic E-state index is 12.3. The molecule has 1 N–H and O–H groups in total. The van der Waals surface area contributed by atoms with Gasteiger partial charge in [0.05, 0.1) is 17.6 Å². The fraction of sp³-hybridized carbons (Fsp3) is 0.300. The number of amides is 1. The van der Waals surface area contributed by atoms with Gasteiger partial charge in [0.1, 0.15) is 11.9 Å². The molecule has 2 aromatic carbocycles. The number of imidazole rings is 1. The molecule has 1 amide bonds. The normalized spacial score (nSPS) is 16.9. The van der Waals surface area contributed by atoms with Crippen LogP contribution in [-0.4, -0.2) is 28.2 Å². The van der Waals surface area contributed by atoms with Gasteiger partial charge in [0.15, 0.2) is 0 Å². The van der Waals surface area contributed by atoms with Crippen molar-refractivity contribution in [2.24, 2.45) is 0 Å². The largest absolute Gasteiger partial charge is 0.368 e. The first-order chi connectivity index (χ1) is 12.7. The highest BCUT2D eigenvalue weighted by atomic mass is 79.9. The zero-order chi connectivity index (χ0) is 17.9. The molecular formula is C20H20BrN3O2. The summed E-state index contributed by atoms with van der Waals surface area (Å²) in [6, 6.07) is 16.3. The number of benzene rings is 2. The van der Waals surface area contributed by atoms with Gasteiger partial charge >= 0.3 is 0 Å². The fourth-order valence-electron chi connectivity index (χ4n) is 3.27. The Hall–Kier alpha value is -2.18. The number of hydrogen-bond donors (Lipinski definition) is 1. The van der Waals surface area contributed by atoms with Crippen LogP contribution >= 0.6 is 15.9 Å². The zero-order valence-corrected chi connectivity index (χ0v) is 15.9. The molecule has 0 spiro atoms. The topological polar surface area (TPSA) is 56.2 Å². The van der Waals surface area contributed by atoms with E-state index in [1.165, 1.54) is 5.56 Å². The number of para-hydroxylation sites is 2. The summed E-state index contributed by atoms with van der Waals surface area (Å²) in [6.07, 6.45) is 1.42. The lowest BCUT2D eigenvalue weighted by atomic mass is 10.2. The van der Waals surface area contributed by atoms with Gasteiger partial charge in [-0.2, -0.15) is 0 Å². The molecule has 0 radical (unpaired) electrons. The first-order valence-electron chi connectivity index (χ1n) is 8.78. The first-order valence-corrected chi connectivity index (χ1v) is 9.58. The molecule has 2 heterocycles. The molecule has 4 rings (SSSR count). The van der Waals surface area contributed by atoms with Crippen LogP contribution in [0.15, 0.2) is 53.0 Å². The molecule has 6 heteroatoms. The molecule has 1 saturated heterocycles. The molecule has 1 fully saturated rings. The number of nitrogens with one attached hydrogen (secondary N) is 1. The molecule has 1 unspecified atom stereocenters. The minimum atomic E-state index is -0.320. The Balaban J connectivity index is 1.58. The van der Waals surface area contributed by atoms with Crippen LogP contribution in [0.4, 0.5) is 0 Å². The van der Waals surface area contributed by atoms with Crippen LogP contribution in [-0.2, 0) is 22.6 Å². The maximum atomic E-state index is 12.3. The van der Waals surface area contributed by atoms with Crippen LogP contribution in [0.3, 0.4) is 0 Å². The van der Waals surface area contributed by atoms with E-state index >= 15 is 0 Å². The lowest BCUT2D eigenvalue weighted by Gasteiger charge is -2.12. The summed E-state index contributed by atoms with van der Waals surface area (Å²) in [5, 5.41) is 2.98. The minimum absolute atomic E-state index is 0.0512. The summed E-state index contributed by atoms with van der Waals surface area (Å²) < 4.78 is 8.67. The van der Waals surface area contributed by atoms with E-state index in [1.54, 1.807) is 0 Å². The molecule has 1 aliphatic rings. The lowest BCUT2D eigenvalue weighted by molar-refractivity contribution is -0.130. The molecule has 1 atom stereocenters. The minimum Gasteiger partial charge on any atom is -0.368 e. The SMILES string of the molecule is O=C(NCc1nc2ccccc2n1Cc1ccc(Br)cc1)C1CCCO1. The summed E-state index contributed by atoms with van der Waals surface area (Å²) in [7, 11) is 0. The number of aromatic nitrogens is 2. The maximum Gasteiger partial charge on any atom is 0.249 e. The second-order valence-corrected chi connectivity index (χ2v) is 7.36. The molecule has 134 valence electrons. The van der Waals surface area contributed by atoms with E-state index in [-0.39, 0.29) is 12.0 Å². The van der Waals surface area contributed by atoms with Crippen molar-refractivity contribution in [3.63, 3.8) is 0 Å². The summed E-state index contributed by atoms with van der Waals surface area (Å²) in [5.74, 6) is 0.796. The van der Waals surface area contributed by atoms with Gasteiger partial charge in [0.25, 0.3) is 0 Å². The van der Waals surface area contributed by atoms with E-state index in [2.05, 4.69) is 44.0 Å². The van der Waals surface area contributed by atoms with E-state index in [0.717, 1.165) is 34.2 Å². The van der Waals surface area contributed by atoms with Crippen molar-refractivity contribution in [3.8, 4) is 0 Å². The van der Waals surface area contributed by atoms with Crippen molar-refractivity contribution in [2.75, 3.05) is 6.61 Å². The summed E-state index contributed by atoms with van der Waals surface area (Å²) in [4.78, 5) is 17.0. The second-order valence-electron chi connectivity index (χ2n) is 6.45. The number of halogens is 1. The Morgan fingerprint density at radius 1 is 1.23 bits per heavy atom. The van der Waals surface area contributed by atoms with Gasteiger partial charge in [-0.15, -0.1) is 0 Å². The molecule has 3 aromatic rings. The fourth-order valence-corrected chi connectivity index (χ4v) is 3.54. The standard InChI is InChI=1S/C20H20BrN3O2/c21-15-9-7-14(8-10-15)13-24-17-5-2-1-4-16(17)23-19(24)12-22-20(25)18-6-3-11-26-18/h1-2,4-5,7-10,18H,3,6,11-13H2,(H,22,25). The van der Waals surface area contributed by atoms with Crippen molar-refractivity contribution < 1.29 is 9.53 Å². The van der Waals surface area contributed by atoms with Gasteiger partial charge in [-0.3, -0.25) is 4.79 Å². The average Bonchev–Trinajstić information content (AvgIpc) is 3.30. The number of rotatable bonds is 5. The van der Waals surface area contributed by atoms with Crippen molar-refractivity contribution in [2.45, 2.75) is 32.0 Å². The average molecular weight is 414 g/mol. The smallest absolute Gasteiger partial charge is 0.249 e. The van der Waals surface area contributed by atoms with Crippen LogP contribution in [0.1, 0.15) is 24.2 Å². The molecule has 0 saturated carbocycles. The van der Waals surface area contributed by atoms with Crippen molar-refractivity contribution >= 4 is 32.9 Å². The van der Waals surface area contributed by atoms with Crippen LogP contribution in [0.2, 0.25) is 0 Å². The van der Waals surface area contributed by atoms with E-state index in [1.807, 2.05) is 30.3 Å². The lowest BCUT2D eigenvalue weighted by Crippen LogP contribution is -2.34. The predicted molar refractivity (Wildman–Crippen MR) is 104 cm³/mol. The Bertz CT molecular complexity index is 914. The predicted octanol–water partition coefficient (Wildman–Crippen LogP) is 3.64. The Kier molecular flexibility index (Phi) is 5.04. The molecular weight excluding hydrogens is 394 g/mol. The van der Waals surface area contributed by atoms with Crippen LogP contribution in [0.25, 0.3) is 11.0 Å². The molecule has 5 nitrogen and oxygen atoms in total. The number of fused-ring (bicyclic) bond motifs is 1. The number of ether oxygens (including phenoxy) is 1. The van der Waals surface area contributed by atoms with Gasteiger partial charge in [-0.1, -0.05) is 40.2 Å². The van der Waals surface area contributed by atoms with E-state index < -0.39 is 0 Å². The Labute approximate surface area is 160 Å². The van der Waals surface area contributed by atoms with E-state index in [9.17, 15) is 4.79 Å². The van der Waals surface area contributed by atoms with Gasteiger partial charge in [-0.05, 0) is 42.7 Å². The quantitative estimate of drug-likeness (QED) is 0.694. The number of hydrogen-bond acceptors (Lipinski definition) is 3. The third-order valence-electron chi connectivity index (χ3n) is 4.63. The zero-order valence-electron chi connectivity index (χ0n) is 14.3. The Morgan fingerprint density at radius 3 is 2.81 bits per heavy atom. The first kappa shape index (κ1) is 17.2. The van der Waals surface area contributed by atoms with Gasteiger partial charge in [0, 0.05) is 17.6 Å². The molecule has 1 aromatic heterocycles. The monoisotopic (exact) mass is 413 g/mol. The molecule has 0 bridgehead atoms. The summed E-state index contributed by atoms with van der Waals surface area (Å²) in [6.45, 7) is 1.77. The number of carbonyl (C=O) groups excluding carboxylic acids is 1. The van der Waals surface area contributed by atoms with Gasteiger partial charge in [0.2, 0.25) is 5.91 Å². The van der Waals surface area contributed by atoms with Crippen molar-refractivity contribution in [1.82, 2.24) is 14.9 Å². The summed E-state index contributed by atoms with van der Waals surface area (Å²) in [5.41, 5.74) is 3.19. The highest BCUT2D eigenvalue weighted by molar-refractivity contribution is 9.10. The van der Waals surface area contributed by atoms with Crippen LogP contribution in [0.5, 0.6) is 0 Å². The summed E-state index contributed by atoms with van der Waals surface area (Å²) >= 11 is 3.47. The second kappa shape index (κ2) is 7.60. The number of nitrogens with zero attached hydrogens (tertiary/aromatic N) is 2. The third kappa shape index (κ3) is 3.66. The Morgan fingerprint density at radius 2 is 2.04 bits per heavy atom. The van der Waals surface area contributed by atoms with Crippen molar-refractivity contribution in [3.05, 3.63) is 64.4 Å². The number of carbonyl (C=O) groups is 1. The molecule has 26 heavy (non-hydrogen) atoms. The van der Waals surface area contributed by atoms with Crippen LogP contribution < -0.4 is 5.32 Å². The molecule has 1 aliphatic heterocycles.